The second-order valence-corrected chi connectivity index (χ2v) is 4.11. The van der Waals surface area contributed by atoms with E-state index >= 15 is 0 Å². The Balaban J connectivity index is 1.97. The molecule has 13 heavy (non-hydrogen) atoms. The van der Waals surface area contributed by atoms with Gasteiger partial charge in [0.2, 0.25) is 0 Å². The maximum atomic E-state index is 4.45. The first-order valence-corrected chi connectivity index (χ1v) is 5.20. The summed E-state index contributed by atoms with van der Waals surface area (Å²) in [6.07, 6.45) is 6.91. The second-order valence-electron chi connectivity index (χ2n) is 4.11. The maximum Gasteiger partial charge on any atom is 0.0925 e. The number of nitrogens with one attached hydrogen (secondary N) is 2. The van der Waals surface area contributed by atoms with E-state index in [-0.39, 0.29) is 0 Å². The van der Waals surface area contributed by atoms with Crippen molar-refractivity contribution in [1.29, 1.82) is 0 Å². The largest absolute Gasteiger partial charge is 0.348 e. The van der Waals surface area contributed by atoms with Crippen LogP contribution in [0, 0.1) is 0 Å². The lowest BCUT2D eigenvalue weighted by Gasteiger charge is -2.35. The monoisotopic (exact) mass is 177 g/mol. The summed E-state index contributed by atoms with van der Waals surface area (Å²) in [5, 5.41) is 3.60. The van der Waals surface area contributed by atoms with Crippen molar-refractivity contribution in [3.8, 4) is 0 Å². The number of aromatic amines is 1. The number of fused-ring (bicyclic) bond motifs is 3. The molecule has 0 radical (unpaired) electrons. The normalized spacial score (nSPS) is 32.3. The van der Waals surface area contributed by atoms with Crippen LogP contribution in [0.15, 0.2) is 6.33 Å². The van der Waals surface area contributed by atoms with Gasteiger partial charge < -0.3 is 10.3 Å². The number of hydrogen-bond acceptors (Lipinski definition) is 2. The minimum Gasteiger partial charge on any atom is -0.348 e. The van der Waals surface area contributed by atoms with Crippen LogP contribution in [-0.2, 0) is 6.42 Å². The van der Waals surface area contributed by atoms with Gasteiger partial charge in [0.25, 0.3) is 0 Å². The van der Waals surface area contributed by atoms with Crippen molar-refractivity contribution in [1.82, 2.24) is 15.3 Å². The highest BCUT2D eigenvalue weighted by atomic mass is 15.0. The van der Waals surface area contributed by atoms with Gasteiger partial charge >= 0.3 is 0 Å². The number of rotatable bonds is 0. The first-order valence-electron chi connectivity index (χ1n) is 5.20. The molecule has 2 unspecified atom stereocenters. The van der Waals surface area contributed by atoms with Gasteiger partial charge in [-0.2, -0.15) is 0 Å². The lowest BCUT2D eigenvalue weighted by Crippen LogP contribution is -2.42. The molecular weight excluding hydrogens is 162 g/mol. The molecule has 1 fully saturated rings. The smallest absolute Gasteiger partial charge is 0.0925 e. The summed E-state index contributed by atoms with van der Waals surface area (Å²) in [5.74, 6) is 0.684. The van der Waals surface area contributed by atoms with Gasteiger partial charge in [-0.3, -0.25) is 0 Å². The van der Waals surface area contributed by atoms with Crippen LogP contribution in [-0.4, -0.2) is 22.6 Å². The summed E-state index contributed by atoms with van der Waals surface area (Å²) in [5.41, 5.74) is 2.72. The Labute approximate surface area is 78.0 Å². The van der Waals surface area contributed by atoms with Crippen LogP contribution in [0.5, 0.6) is 0 Å². The van der Waals surface area contributed by atoms with Crippen molar-refractivity contribution >= 4 is 0 Å². The van der Waals surface area contributed by atoms with Crippen molar-refractivity contribution in [2.75, 3.05) is 6.54 Å². The summed E-state index contributed by atoms with van der Waals surface area (Å²) in [6.45, 7) is 1.20. The van der Waals surface area contributed by atoms with Crippen LogP contribution in [0.2, 0.25) is 0 Å². The standard InChI is InChI=1S/C10H15N3/c1-2-7-8(11-5-1)3-4-9-10(7)13-6-12-9/h6-8,11H,1-5H2,(H,12,13). The first kappa shape index (κ1) is 7.56. The van der Waals surface area contributed by atoms with Crippen molar-refractivity contribution in [3.05, 3.63) is 17.7 Å². The molecule has 0 amide bonds. The number of H-pyrrole nitrogens is 1. The Morgan fingerprint density at radius 2 is 2.38 bits per heavy atom. The van der Waals surface area contributed by atoms with Gasteiger partial charge in [0, 0.05) is 17.7 Å². The predicted octanol–water partition coefficient (Wildman–Crippen LogP) is 1.19. The zero-order chi connectivity index (χ0) is 8.67. The van der Waals surface area contributed by atoms with Gasteiger partial charge in [-0.25, -0.2) is 4.98 Å². The summed E-state index contributed by atoms with van der Waals surface area (Å²) in [7, 11) is 0. The number of nitrogens with zero attached hydrogens (tertiary/aromatic N) is 1. The Morgan fingerprint density at radius 3 is 3.38 bits per heavy atom. The van der Waals surface area contributed by atoms with E-state index in [0.29, 0.717) is 12.0 Å². The third-order valence-electron chi connectivity index (χ3n) is 3.39. The molecule has 2 atom stereocenters. The number of hydrogen-bond donors (Lipinski definition) is 2. The van der Waals surface area contributed by atoms with Crippen LogP contribution in [0.3, 0.4) is 0 Å². The molecule has 0 saturated carbocycles. The fourth-order valence-corrected chi connectivity index (χ4v) is 2.73. The topological polar surface area (TPSA) is 40.7 Å². The van der Waals surface area contributed by atoms with Crippen LogP contribution >= 0.6 is 0 Å². The highest BCUT2D eigenvalue weighted by Gasteiger charge is 2.32. The van der Waals surface area contributed by atoms with E-state index < -0.39 is 0 Å². The molecule has 3 nitrogen and oxygen atoms in total. The van der Waals surface area contributed by atoms with Gasteiger partial charge in [-0.1, -0.05) is 0 Å². The van der Waals surface area contributed by atoms with Crippen molar-refractivity contribution in [3.63, 3.8) is 0 Å². The summed E-state index contributed by atoms with van der Waals surface area (Å²) >= 11 is 0. The number of piperidine rings is 1. The van der Waals surface area contributed by atoms with Gasteiger partial charge in [-0.05, 0) is 32.2 Å². The third kappa shape index (κ3) is 1.10. The van der Waals surface area contributed by atoms with E-state index in [1.54, 1.807) is 0 Å². The SMILES string of the molecule is c1nc2c([nH]1)CCC1NCCCC21. The van der Waals surface area contributed by atoms with E-state index in [1.807, 2.05) is 6.33 Å². The maximum absolute atomic E-state index is 4.45. The van der Waals surface area contributed by atoms with E-state index in [2.05, 4.69) is 15.3 Å². The number of aryl methyl sites for hydroxylation is 1. The molecule has 0 spiro atoms. The van der Waals surface area contributed by atoms with Crippen LogP contribution in [0.25, 0.3) is 0 Å². The van der Waals surface area contributed by atoms with E-state index in [4.69, 9.17) is 0 Å². The second kappa shape index (κ2) is 2.84. The molecule has 1 aliphatic carbocycles. The van der Waals surface area contributed by atoms with Gasteiger partial charge in [0.05, 0.1) is 12.0 Å². The van der Waals surface area contributed by atoms with Gasteiger partial charge in [-0.15, -0.1) is 0 Å². The van der Waals surface area contributed by atoms with Crippen molar-refractivity contribution < 1.29 is 0 Å². The van der Waals surface area contributed by atoms with E-state index in [9.17, 15) is 0 Å². The summed E-state index contributed by atoms with van der Waals surface area (Å²) < 4.78 is 0. The molecule has 2 aliphatic rings. The fraction of sp³-hybridized carbons (Fsp3) is 0.700. The fourth-order valence-electron chi connectivity index (χ4n) is 2.73. The molecule has 0 bridgehead atoms. The molecule has 1 saturated heterocycles. The zero-order valence-corrected chi connectivity index (χ0v) is 7.71. The van der Waals surface area contributed by atoms with Crippen LogP contribution in [0.1, 0.15) is 36.6 Å². The average Bonchev–Trinajstić information content (AvgIpc) is 2.65. The molecular formula is C10H15N3. The Kier molecular flexibility index (Phi) is 1.65. The Hall–Kier alpha value is -0.830. The highest BCUT2D eigenvalue weighted by Crippen LogP contribution is 2.34. The van der Waals surface area contributed by atoms with Crippen LogP contribution in [0.4, 0.5) is 0 Å². The van der Waals surface area contributed by atoms with Gasteiger partial charge in [0.1, 0.15) is 0 Å². The molecule has 0 aromatic carbocycles. The Morgan fingerprint density at radius 1 is 1.38 bits per heavy atom. The molecule has 1 aromatic rings. The molecule has 70 valence electrons. The molecule has 2 N–H and O–H groups in total. The highest BCUT2D eigenvalue weighted by molar-refractivity contribution is 5.23. The van der Waals surface area contributed by atoms with Crippen LogP contribution < -0.4 is 5.32 Å². The van der Waals surface area contributed by atoms with E-state index in [1.165, 1.54) is 43.6 Å². The number of aromatic nitrogens is 2. The molecule has 2 heterocycles. The minimum absolute atomic E-state index is 0.684. The minimum atomic E-state index is 0.684. The summed E-state index contributed by atoms with van der Waals surface area (Å²) in [6, 6.07) is 0.699. The Bertz CT molecular complexity index is 305. The van der Waals surface area contributed by atoms with Crippen molar-refractivity contribution in [2.45, 2.75) is 37.6 Å². The lowest BCUT2D eigenvalue weighted by atomic mass is 9.80. The lowest BCUT2D eigenvalue weighted by molar-refractivity contribution is 0.314. The zero-order valence-electron chi connectivity index (χ0n) is 7.71. The quantitative estimate of drug-likeness (QED) is 0.625. The first-order chi connectivity index (χ1) is 6.45. The molecule has 3 heteroatoms. The van der Waals surface area contributed by atoms with Crippen molar-refractivity contribution in [2.24, 2.45) is 0 Å². The van der Waals surface area contributed by atoms with Gasteiger partial charge in [0.15, 0.2) is 0 Å². The average molecular weight is 177 g/mol. The molecule has 1 aliphatic heterocycles. The third-order valence-corrected chi connectivity index (χ3v) is 3.39. The molecule has 3 rings (SSSR count). The van der Waals surface area contributed by atoms with E-state index in [0.717, 1.165) is 0 Å². The summed E-state index contributed by atoms with van der Waals surface area (Å²) in [4.78, 5) is 7.70. The predicted molar refractivity (Wildman–Crippen MR) is 50.7 cm³/mol. The molecule has 1 aromatic heterocycles. The number of imidazole rings is 1.